The highest BCUT2D eigenvalue weighted by molar-refractivity contribution is 7.15. The number of amides is 1. The number of aromatic nitrogens is 2. The van der Waals surface area contributed by atoms with Gasteiger partial charge in [0.15, 0.2) is 6.61 Å². The smallest absolute Gasteiger partial charge is 0.257 e. The number of ether oxygens (including phenoxy) is 1. The fourth-order valence-electron chi connectivity index (χ4n) is 2.35. The molecule has 2 aromatic heterocycles. The molecule has 1 amide bonds. The minimum atomic E-state index is -0.620. The van der Waals surface area contributed by atoms with E-state index in [4.69, 9.17) is 26.5 Å². The molecule has 0 spiro atoms. The molecule has 1 aromatic carbocycles. The Balaban J connectivity index is 1.75. The third-order valence-corrected chi connectivity index (χ3v) is 5.18. The summed E-state index contributed by atoms with van der Waals surface area (Å²) in [4.78, 5) is 13.7. The molecule has 0 saturated carbocycles. The number of rotatable bonds is 6. The van der Waals surface area contributed by atoms with E-state index < -0.39 is 5.91 Å². The third kappa shape index (κ3) is 3.83. The van der Waals surface area contributed by atoms with E-state index in [2.05, 4.69) is 24.0 Å². The Hall–Kier alpha value is -2.38. The SMILES string of the molecule is CCc1sc(-c2nnc(COc3ccc(Cl)cc3C(N)=O)o2)cc1C. The van der Waals surface area contributed by atoms with Crippen LogP contribution < -0.4 is 10.5 Å². The monoisotopic (exact) mass is 377 g/mol. The maximum absolute atomic E-state index is 11.5. The van der Waals surface area contributed by atoms with Gasteiger partial charge in [0.1, 0.15) is 5.75 Å². The molecule has 2 heterocycles. The molecule has 0 aliphatic rings. The van der Waals surface area contributed by atoms with Crippen LogP contribution in [0.15, 0.2) is 28.7 Å². The van der Waals surface area contributed by atoms with E-state index in [0.717, 1.165) is 11.3 Å². The number of aryl methyl sites for hydroxylation is 2. The summed E-state index contributed by atoms with van der Waals surface area (Å²) in [7, 11) is 0. The summed E-state index contributed by atoms with van der Waals surface area (Å²) in [5.41, 5.74) is 6.75. The van der Waals surface area contributed by atoms with Gasteiger partial charge in [0, 0.05) is 9.90 Å². The lowest BCUT2D eigenvalue weighted by molar-refractivity contribution is 0.0995. The highest BCUT2D eigenvalue weighted by Crippen LogP contribution is 2.31. The lowest BCUT2D eigenvalue weighted by Gasteiger charge is -2.07. The van der Waals surface area contributed by atoms with Crippen LogP contribution in [0.4, 0.5) is 0 Å². The Morgan fingerprint density at radius 2 is 2.16 bits per heavy atom. The molecular weight excluding hydrogens is 362 g/mol. The highest BCUT2D eigenvalue weighted by atomic mass is 35.5. The van der Waals surface area contributed by atoms with Gasteiger partial charge in [0.2, 0.25) is 0 Å². The van der Waals surface area contributed by atoms with Crippen molar-refractivity contribution < 1.29 is 13.9 Å². The van der Waals surface area contributed by atoms with Crippen LogP contribution in [0.25, 0.3) is 10.8 Å². The maximum atomic E-state index is 11.5. The van der Waals surface area contributed by atoms with Crippen LogP contribution in [-0.4, -0.2) is 16.1 Å². The van der Waals surface area contributed by atoms with E-state index in [-0.39, 0.29) is 12.2 Å². The predicted octanol–water partition coefficient (Wildman–Crippen LogP) is 4.00. The fourth-order valence-corrected chi connectivity index (χ4v) is 3.56. The molecule has 0 atom stereocenters. The Bertz CT molecular complexity index is 920. The summed E-state index contributed by atoms with van der Waals surface area (Å²) in [5, 5.41) is 8.45. The van der Waals surface area contributed by atoms with E-state index in [1.165, 1.54) is 16.5 Å². The van der Waals surface area contributed by atoms with Gasteiger partial charge in [-0.3, -0.25) is 4.79 Å². The van der Waals surface area contributed by atoms with E-state index in [0.29, 0.717) is 22.6 Å². The number of hydrogen-bond acceptors (Lipinski definition) is 6. The number of halogens is 1. The van der Waals surface area contributed by atoms with Gasteiger partial charge >= 0.3 is 0 Å². The molecular formula is C17H16ClN3O3S. The lowest BCUT2D eigenvalue weighted by Crippen LogP contribution is -2.13. The standard InChI is InChI=1S/C17H16ClN3O3S/c1-3-13-9(2)6-14(25-13)17-21-20-15(24-17)8-23-12-5-4-10(18)7-11(12)16(19)22/h4-7H,3,8H2,1-2H3,(H2,19,22). The Morgan fingerprint density at radius 1 is 1.36 bits per heavy atom. The number of benzene rings is 1. The van der Waals surface area contributed by atoms with Crippen molar-refractivity contribution in [3.8, 4) is 16.5 Å². The van der Waals surface area contributed by atoms with E-state index in [9.17, 15) is 4.79 Å². The van der Waals surface area contributed by atoms with E-state index in [1.54, 1.807) is 23.5 Å². The van der Waals surface area contributed by atoms with Gasteiger partial charge in [-0.15, -0.1) is 21.5 Å². The molecule has 3 rings (SSSR count). The molecule has 3 aromatic rings. The Labute approximate surface area is 153 Å². The first kappa shape index (κ1) is 17.4. The summed E-state index contributed by atoms with van der Waals surface area (Å²) in [6, 6.07) is 6.68. The van der Waals surface area contributed by atoms with Gasteiger partial charge in [-0.1, -0.05) is 18.5 Å². The van der Waals surface area contributed by atoms with Gasteiger partial charge in [-0.2, -0.15) is 0 Å². The summed E-state index contributed by atoms with van der Waals surface area (Å²) in [6.45, 7) is 4.20. The van der Waals surface area contributed by atoms with Crippen LogP contribution in [0, 0.1) is 6.92 Å². The number of hydrogen-bond donors (Lipinski definition) is 1. The first-order valence-corrected chi connectivity index (χ1v) is 8.81. The molecule has 0 unspecified atom stereocenters. The van der Waals surface area contributed by atoms with Crippen molar-refractivity contribution in [2.24, 2.45) is 5.73 Å². The first-order valence-electron chi connectivity index (χ1n) is 7.62. The van der Waals surface area contributed by atoms with Crippen LogP contribution in [0.3, 0.4) is 0 Å². The quantitative estimate of drug-likeness (QED) is 0.701. The van der Waals surface area contributed by atoms with Crippen molar-refractivity contribution >= 4 is 28.8 Å². The first-order chi connectivity index (χ1) is 12.0. The lowest BCUT2D eigenvalue weighted by atomic mass is 10.2. The Kier molecular flexibility index (Phi) is 5.06. The van der Waals surface area contributed by atoms with Crippen molar-refractivity contribution in [1.82, 2.24) is 10.2 Å². The normalized spacial score (nSPS) is 10.8. The maximum Gasteiger partial charge on any atom is 0.257 e. The zero-order valence-corrected chi connectivity index (χ0v) is 15.3. The molecule has 6 nitrogen and oxygen atoms in total. The molecule has 130 valence electrons. The molecule has 0 aliphatic carbocycles. The largest absolute Gasteiger partial charge is 0.483 e. The van der Waals surface area contributed by atoms with Gasteiger partial charge in [-0.25, -0.2) is 0 Å². The fraction of sp³-hybridized carbons (Fsp3) is 0.235. The average molecular weight is 378 g/mol. The molecule has 0 radical (unpaired) electrons. The molecule has 0 aliphatic heterocycles. The second kappa shape index (κ2) is 7.25. The topological polar surface area (TPSA) is 91.2 Å². The highest BCUT2D eigenvalue weighted by Gasteiger charge is 2.15. The Morgan fingerprint density at radius 3 is 2.84 bits per heavy atom. The van der Waals surface area contributed by atoms with Crippen molar-refractivity contribution in [2.45, 2.75) is 26.9 Å². The van der Waals surface area contributed by atoms with Crippen molar-refractivity contribution in [3.63, 3.8) is 0 Å². The second-order valence-corrected chi connectivity index (χ2v) is 6.94. The molecule has 8 heteroatoms. The molecule has 2 N–H and O–H groups in total. The zero-order chi connectivity index (χ0) is 18.0. The number of carbonyl (C=O) groups excluding carboxylic acids is 1. The van der Waals surface area contributed by atoms with Crippen molar-refractivity contribution in [2.75, 3.05) is 0 Å². The predicted molar refractivity (Wildman–Crippen MR) is 96.0 cm³/mol. The summed E-state index contributed by atoms with van der Waals surface area (Å²) in [5.74, 6) is 0.462. The van der Waals surface area contributed by atoms with Gasteiger partial charge in [-0.05, 0) is 43.2 Å². The summed E-state index contributed by atoms with van der Waals surface area (Å²) in [6.07, 6.45) is 0.965. The number of nitrogens with two attached hydrogens (primary N) is 1. The van der Waals surface area contributed by atoms with Crippen LogP contribution in [0.2, 0.25) is 5.02 Å². The minimum Gasteiger partial charge on any atom is -0.483 e. The molecule has 25 heavy (non-hydrogen) atoms. The summed E-state index contributed by atoms with van der Waals surface area (Å²) >= 11 is 7.51. The molecule has 0 bridgehead atoms. The number of primary amides is 1. The average Bonchev–Trinajstić information content (AvgIpc) is 3.19. The number of nitrogens with zero attached hydrogens (tertiary/aromatic N) is 2. The molecule has 0 fully saturated rings. The van der Waals surface area contributed by atoms with E-state index >= 15 is 0 Å². The van der Waals surface area contributed by atoms with Crippen LogP contribution in [-0.2, 0) is 13.0 Å². The van der Waals surface area contributed by atoms with Gasteiger partial charge in [0.05, 0.1) is 10.4 Å². The van der Waals surface area contributed by atoms with Gasteiger partial charge in [0.25, 0.3) is 17.7 Å². The minimum absolute atomic E-state index is 0.0277. The van der Waals surface area contributed by atoms with Crippen LogP contribution >= 0.6 is 22.9 Å². The summed E-state index contributed by atoms with van der Waals surface area (Å²) < 4.78 is 11.2. The van der Waals surface area contributed by atoms with Crippen molar-refractivity contribution in [3.05, 3.63) is 51.2 Å². The number of carbonyl (C=O) groups is 1. The number of thiophene rings is 1. The van der Waals surface area contributed by atoms with Crippen LogP contribution in [0.1, 0.15) is 33.6 Å². The third-order valence-electron chi connectivity index (χ3n) is 3.58. The van der Waals surface area contributed by atoms with Gasteiger partial charge < -0.3 is 14.9 Å². The van der Waals surface area contributed by atoms with Crippen molar-refractivity contribution in [1.29, 1.82) is 0 Å². The molecule has 0 saturated heterocycles. The van der Waals surface area contributed by atoms with Crippen LogP contribution in [0.5, 0.6) is 5.75 Å². The van der Waals surface area contributed by atoms with E-state index in [1.807, 2.05) is 6.07 Å². The second-order valence-electron chi connectivity index (χ2n) is 5.36. The zero-order valence-electron chi connectivity index (χ0n) is 13.7.